The molecule has 1 N–H and O–H groups in total. The van der Waals surface area contributed by atoms with E-state index in [2.05, 4.69) is 57.3 Å². The Balaban J connectivity index is 1.45. The molecule has 3 rings (SSSR count). The second-order valence-corrected chi connectivity index (χ2v) is 6.94. The molecule has 0 atom stereocenters. The van der Waals surface area contributed by atoms with Crippen molar-refractivity contribution in [1.29, 1.82) is 0 Å². The molecule has 0 aliphatic carbocycles. The third kappa shape index (κ3) is 5.97. The molecule has 2 aliphatic rings. The molecule has 2 fully saturated rings. The largest absolute Gasteiger partial charge is 0.379 e. The Morgan fingerprint density at radius 1 is 1.00 bits per heavy atom. The van der Waals surface area contributed by atoms with Gasteiger partial charge < -0.3 is 15.0 Å². The SMILES string of the molecule is CCNC(=NCCN1CCOCC1)N1CCN(Cc2ccccc2)CC1. The van der Waals surface area contributed by atoms with E-state index in [0.717, 1.165) is 84.6 Å². The average Bonchev–Trinajstić information content (AvgIpc) is 2.70. The Hall–Kier alpha value is -1.63. The number of morpholine rings is 1. The van der Waals surface area contributed by atoms with Gasteiger partial charge in [-0.15, -0.1) is 0 Å². The van der Waals surface area contributed by atoms with Gasteiger partial charge in [-0.2, -0.15) is 0 Å². The zero-order chi connectivity index (χ0) is 18.0. The van der Waals surface area contributed by atoms with Crippen LogP contribution >= 0.6 is 0 Å². The van der Waals surface area contributed by atoms with Gasteiger partial charge in [0.2, 0.25) is 0 Å². The van der Waals surface area contributed by atoms with E-state index in [4.69, 9.17) is 9.73 Å². The highest BCUT2D eigenvalue weighted by molar-refractivity contribution is 5.80. The lowest BCUT2D eigenvalue weighted by Crippen LogP contribution is -2.52. The maximum Gasteiger partial charge on any atom is 0.194 e. The molecule has 0 saturated carbocycles. The lowest BCUT2D eigenvalue weighted by atomic mass is 10.2. The van der Waals surface area contributed by atoms with E-state index in [1.165, 1.54) is 5.56 Å². The van der Waals surface area contributed by atoms with Gasteiger partial charge in [-0.05, 0) is 12.5 Å². The van der Waals surface area contributed by atoms with Crippen molar-refractivity contribution in [3.05, 3.63) is 35.9 Å². The van der Waals surface area contributed by atoms with Gasteiger partial charge in [-0.25, -0.2) is 0 Å². The number of guanidine groups is 1. The number of hydrogen-bond donors (Lipinski definition) is 1. The van der Waals surface area contributed by atoms with Gasteiger partial charge in [0.15, 0.2) is 5.96 Å². The fraction of sp³-hybridized carbons (Fsp3) is 0.650. The summed E-state index contributed by atoms with van der Waals surface area (Å²) in [6.07, 6.45) is 0. The molecule has 0 spiro atoms. The van der Waals surface area contributed by atoms with Crippen molar-refractivity contribution in [3.63, 3.8) is 0 Å². The van der Waals surface area contributed by atoms with E-state index in [1.807, 2.05) is 0 Å². The first-order valence-corrected chi connectivity index (χ1v) is 9.95. The average molecular weight is 360 g/mol. The summed E-state index contributed by atoms with van der Waals surface area (Å²) in [6, 6.07) is 10.7. The van der Waals surface area contributed by atoms with Crippen LogP contribution < -0.4 is 5.32 Å². The smallest absolute Gasteiger partial charge is 0.194 e. The molecule has 1 aromatic carbocycles. The van der Waals surface area contributed by atoms with E-state index >= 15 is 0 Å². The van der Waals surface area contributed by atoms with Crippen LogP contribution in [0.3, 0.4) is 0 Å². The quantitative estimate of drug-likeness (QED) is 0.609. The number of nitrogens with zero attached hydrogens (tertiary/aromatic N) is 4. The highest BCUT2D eigenvalue weighted by Gasteiger charge is 2.19. The number of piperazine rings is 1. The van der Waals surface area contributed by atoms with E-state index in [9.17, 15) is 0 Å². The Morgan fingerprint density at radius 2 is 1.73 bits per heavy atom. The third-order valence-electron chi connectivity index (χ3n) is 5.04. The van der Waals surface area contributed by atoms with Crippen molar-refractivity contribution in [1.82, 2.24) is 20.0 Å². The van der Waals surface area contributed by atoms with Crippen molar-refractivity contribution < 1.29 is 4.74 Å². The van der Waals surface area contributed by atoms with Gasteiger partial charge in [0.1, 0.15) is 0 Å². The second kappa shape index (κ2) is 10.5. The molecular formula is C20H33N5O. The van der Waals surface area contributed by atoms with Gasteiger partial charge >= 0.3 is 0 Å². The Bertz CT molecular complexity index is 536. The fourth-order valence-corrected chi connectivity index (χ4v) is 3.51. The first-order chi connectivity index (χ1) is 12.8. The molecule has 0 aromatic heterocycles. The molecule has 0 bridgehead atoms. The number of nitrogens with one attached hydrogen (secondary N) is 1. The predicted molar refractivity (Wildman–Crippen MR) is 107 cm³/mol. The van der Waals surface area contributed by atoms with Crippen LogP contribution in [0.25, 0.3) is 0 Å². The molecule has 0 amide bonds. The third-order valence-corrected chi connectivity index (χ3v) is 5.04. The van der Waals surface area contributed by atoms with Crippen LogP contribution in [0.5, 0.6) is 0 Å². The van der Waals surface area contributed by atoms with Crippen molar-refractivity contribution >= 4 is 5.96 Å². The Kier molecular flexibility index (Phi) is 7.73. The molecule has 1 aromatic rings. The summed E-state index contributed by atoms with van der Waals surface area (Å²) in [6.45, 7) is 14.0. The molecule has 2 aliphatic heterocycles. The molecule has 0 radical (unpaired) electrons. The molecular weight excluding hydrogens is 326 g/mol. The van der Waals surface area contributed by atoms with E-state index < -0.39 is 0 Å². The van der Waals surface area contributed by atoms with Crippen LogP contribution in [0.4, 0.5) is 0 Å². The topological polar surface area (TPSA) is 43.3 Å². The monoisotopic (exact) mass is 359 g/mol. The Labute approximate surface area is 157 Å². The predicted octanol–water partition coefficient (Wildman–Crippen LogP) is 1.10. The lowest BCUT2D eigenvalue weighted by Gasteiger charge is -2.36. The maximum absolute atomic E-state index is 5.41. The number of ether oxygens (including phenoxy) is 1. The molecule has 144 valence electrons. The Morgan fingerprint density at radius 3 is 2.42 bits per heavy atom. The summed E-state index contributed by atoms with van der Waals surface area (Å²) in [4.78, 5) is 12.2. The van der Waals surface area contributed by atoms with Crippen molar-refractivity contribution in [3.8, 4) is 0 Å². The van der Waals surface area contributed by atoms with Crippen LogP contribution in [0.2, 0.25) is 0 Å². The standard InChI is InChI=1S/C20H33N5O/c1-2-21-20(22-8-9-23-14-16-26-17-15-23)25-12-10-24(11-13-25)18-19-6-4-3-5-7-19/h3-7H,2,8-18H2,1H3,(H,21,22). The van der Waals surface area contributed by atoms with Gasteiger partial charge in [0.05, 0.1) is 19.8 Å². The van der Waals surface area contributed by atoms with E-state index in [1.54, 1.807) is 0 Å². The summed E-state index contributed by atoms with van der Waals surface area (Å²) in [5, 5.41) is 3.47. The first kappa shape index (κ1) is 19.1. The minimum absolute atomic E-state index is 0.854. The summed E-state index contributed by atoms with van der Waals surface area (Å²) in [5.74, 6) is 1.07. The molecule has 6 nitrogen and oxygen atoms in total. The summed E-state index contributed by atoms with van der Waals surface area (Å²) in [5.41, 5.74) is 1.40. The highest BCUT2D eigenvalue weighted by atomic mass is 16.5. The van der Waals surface area contributed by atoms with Gasteiger partial charge in [0.25, 0.3) is 0 Å². The van der Waals surface area contributed by atoms with Gasteiger partial charge in [-0.3, -0.25) is 14.8 Å². The normalized spacial score (nSPS) is 20.3. The molecule has 6 heteroatoms. The number of rotatable bonds is 6. The first-order valence-electron chi connectivity index (χ1n) is 9.95. The molecule has 2 heterocycles. The minimum Gasteiger partial charge on any atom is -0.379 e. The number of hydrogen-bond acceptors (Lipinski definition) is 4. The molecule has 0 unspecified atom stereocenters. The summed E-state index contributed by atoms with van der Waals surface area (Å²) >= 11 is 0. The van der Waals surface area contributed by atoms with Gasteiger partial charge in [-0.1, -0.05) is 30.3 Å². The highest BCUT2D eigenvalue weighted by Crippen LogP contribution is 2.08. The van der Waals surface area contributed by atoms with Crippen molar-refractivity contribution in [2.75, 3.05) is 72.1 Å². The number of benzene rings is 1. The van der Waals surface area contributed by atoms with Crippen molar-refractivity contribution in [2.45, 2.75) is 13.5 Å². The summed E-state index contributed by atoms with van der Waals surface area (Å²) in [7, 11) is 0. The number of aliphatic imine (C=N–C) groups is 1. The van der Waals surface area contributed by atoms with E-state index in [0.29, 0.717) is 0 Å². The second-order valence-electron chi connectivity index (χ2n) is 6.94. The lowest BCUT2D eigenvalue weighted by molar-refractivity contribution is 0.0394. The van der Waals surface area contributed by atoms with Crippen LogP contribution in [-0.4, -0.2) is 92.8 Å². The minimum atomic E-state index is 0.854. The molecule has 2 saturated heterocycles. The zero-order valence-corrected chi connectivity index (χ0v) is 16.1. The van der Waals surface area contributed by atoms with Crippen molar-refractivity contribution in [2.24, 2.45) is 4.99 Å². The van der Waals surface area contributed by atoms with Crippen LogP contribution in [0.15, 0.2) is 35.3 Å². The van der Waals surface area contributed by atoms with E-state index in [-0.39, 0.29) is 0 Å². The fourth-order valence-electron chi connectivity index (χ4n) is 3.51. The summed E-state index contributed by atoms with van der Waals surface area (Å²) < 4.78 is 5.41. The zero-order valence-electron chi connectivity index (χ0n) is 16.1. The van der Waals surface area contributed by atoms with Crippen LogP contribution in [-0.2, 0) is 11.3 Å². The van der Waals surface area contributed by atoms with Crippen LogP contribution in [0.1, 0.15) is 12.5 Å². The van der Waals surface area contributed by atoms with Gasteiger partial charge in [0, 0.05) is 58.9 Å². The molecule has 26 heavy (non-hydrogen) atoms. The van der Waals surface area contributed by atoms with Crippen LogP contribution in [0, 0.1) is 0 Å². The maximum atomic E-state index is 5.41.